The summed E-state index contributed by atoms with van der Waals surface area (Å²) in [6, 6.07) is -5.49. The second-order valence-electron chi connectivity index (χ2n) is 16.0. The number of aliphatic carboxylic acids is 4. The summed E-state index contributed by atoms with van der Waals surface area (Å²) < 4.78 is 0. The van der Waals surface area contributed by atoms with Gasteiger partial charge in [0.25, 0.3) is 0 Å². The molecule has 76 heavy (non-hydrogen) atoms. The summed E-state index contributed by atoms with van der Waals surface area (Å²) >= 11 is 0. The Morgan fingerprint density at radius 2 is 0.539 bits per heavy atom. The zero-order chi connectivity index (χ0) is 59.1. The molecule has 0 saturated carbocycles. The van der Waals surface area contributed by atoms with Crippen LogP contribution in [0.2, 0.25) is 0 Å². The molecule has 0 heterocycles. The predicted molar refractivity (Wildman–Crippen MR) is 259 cm³/mol. The summed E-state index contributed by atoms with van der Waals surface area (Å²) in [5, 5.41) is 50.1. The van der Waals surface area contributed by atoms with E-state index in [0.29, 0.717) is 0 Å². The van der Waals surface area contributed by atoms with E-state index in [-0.39, 0.29) is 89.3 Å². The number of hydrogen-bond acceptors (Lipinski definition) is 21. The van der Waals surface area contributed by atoms with Crippen LogP contribution in [-0.4, -0.2) is 172 Å². The van der Waals surface area contributed by atoms with E-state index in [4.69, 9.17) is 20.4 Å². The molecule has 0 aliphatic rings. The second-order valence-corrected chi connectivity index (χ2v) is 16.0. The molecule has 6 unspecified atom stereocenters. The number of carboxylic acid groups (broad SMARTS) is 4. The molecule has 9 amide bonds. The molecule has 6 atom stereocenters. The van der Waals surface area contributed by atoms with Gasteiger partial charge in [0.15, 0.2) is 17.3 Å². The fourth-order valence-electron chi connectivity index (χ4n) is 5.68. The van der Waals surface area contributed by atoms with E-state index < -0.39 is 131 Å². The molecule has 0 bridgehead atoms. The fraction of sp³-hybridized carbons (Fsp3) is 0.619. The van der Waals surface area contributed by atoms with Gasteiger partial charge in [0.2, 0.25) is 53.2 Å². The normalized spacial score (nSPS) is 12.5. The van der Waals surface area contributed by atoms with E-state index in [1.165, 1.54) is 41.9 Å². The Morgan fingerprint density at radius 1 is 0.329 bits per heavy atom. The lowest BCUT2D eigenvalue weighted by molar-refractivity contribution is -0.139. The molecule has 430 valence electrons. The maximum absolute atomic E-state index is 12.5. The smallest absolute Gasteiger partial charge is 0.303 e. The average molecular weight is 1090 g/mol. The van der Waals surface area contributed by atoms with E-state index in [1.54, 1.807) is 10.9 Å². The van der Waals surface area contributed by atoms with Gasteiger partial charge in [-0.25, -0.2) is 11.7 Å². The molecule has 0 fully saturated rings. The minimum absolute atomic E-state index is 0.00573. The third-order valence-corrected chi connectivity index (χ3v) is 9.97. The third kappa shape index (κ3) is 37.6. The lowest BCUT2D eigenvalue weighted by Gasteiger charge is -2.20. The zero-order valence-corrected chi connectivity index (χ0v) is 42.8. The van der Waals surface area contributed by atoms with E-state index in [0.717, 1.165) is 0 Å². The van der Waals surface area contributed by atoms with Gasteiger partial charge < -0.3 is 52.3 Å². The van der Waals surface area contributed by atoms with Gasteiger partial charge in [0, 0.05) is 38.5 Å². The number of rotatable bonds is 34. The van der Waals surface area contributed by atoms with E-state index in [9.17, 15) is 76.7 Å². The van der Waals surface area contributed by atoms with Crippen LogP contribution in [0.4, 0.5) is 0 Å². The van der Waals surface area contributed by atoms with Gasteiger partial charge in [-0.15, -0.1) is 0 Å². The number of carbonyl (C=O) groups excluding carboxylic acids is 12. The van der Waals surface area contributed by atoms with Crippen molar-refractivity contribution in [3.05, 3.63) is 0 Å². The monoisotopic (exact) mass is 1090 g/mol. The molecule has 0 spiro atoms. The summed E-state index contributed by atoms with van der Waals surface area (Å²) in [6.07, 6.45) is -2.98. The minimum atomic E-state index is -1.13. The number of hydrazine groups is 4. The zero-order valence-electron chi connectivity index (χ0n) is 42.8. The van der Waals surface area contributed by atoms with Crippen LogP contribution in [0.5, 0.6) is 0 Å². The number of Topliss-reactive ketones (excluding diaryl/α,β-unsaturated/α-hetero) is 3. The van der Waals surface area contributed by atoms with Crippen molar-refractivity contribution < 1.29 is 97.1 Å². The van der Waals surface area contributed by atoms with Gasteiger partial charge in [-0.3, -0.25) is 109 Å². The molecular weight excluding hydrogens is 1020 g/mol. The Kier molecular flexibility index (Phi) is 39.2. The van der Waals surface area contributed by atoms with Gasteiger partial charge in [-0.2, -0.15) is 0 Å². The summed E-state index contributed by atoms with van der Waals surface area (Å²) in [4.78, 5) is 183. The van der Waals surface area contributed by atoms with Gasteiger partial charge >= 0.3 is 23.9 Å². The molecule has 0 aromatic heterocycles. The molecule has 0 aromatic carbocycles. The Bertz CT molecular complexity index is 2030. The highest BCUT2D eigenvalue weighted by atomic mass is 16.4. The van der Waals surface area contributed by atoms with Crippen LogP contribution in [0, 0.1) is 0 Å². The Labute approximate surface area is 435 Å². The van der Waals surface area contributed by atoms with Crippen LogP contribution in [0.15, 0.2) is 0 Å². The van der Waals surface area contributed by atoms with Crippen molar-refractivity contribution >= 4 is 94.4 Å². The molecule has 0 radical (unpaired) electrons. The summed E-state index contributed by atoms with van der Waals surface area (Å²) in [6.45, 7) is 3.66. The fourth-order valence-corrected chi connectivity index (χ4v) is 5.68. The second kappa shape index (κ2) is 41.3. The molecule has 0 aromatic rings. The van der Waals surface area contributed by atoms with E-state index >= 15 is 0 Å². The summed E-state index contributed by atoms with van der Waals surface area (Å²) in [5.74, 6) is -2.51. The van der Waals surface area contributed by atoms with Crippen LogP contribution >= 0.6 is 0 Å². The lowest BCUT2D eigenvalue weighted by Crippen LogP contribution is -2.50. The van der Waals surface area contributed by atoms with Gasteiger partial charge in [-0.1, -0.05) is 0 Å². The number of hydrogen-bond donors (Lipinski definition) is 18. The first kappa shape index (κ1) is 72.2. The first-order valence-corrected chi connectivity index (χ1v) is 22.9. The topological polar surface area (TPSA) is 550 Å². The number of carboxylic acids is 4. The van der Waals surface area contributed by atoms with Crippen LogP contribution in [0.1, 0.15) is 111 Å². The highest BCUT2D eigenvalue weighted by molar-refractivity contribution is 5.98. The van der Waals surface area contributed by atoms with Crippen molar-refractivity contribution in [3.8, 4) is 0 Å². The number of nitrogens with one attached hydrogen (secondary N) is 12. The van der Waals surface area contributed by atoms with E-state index in [2.05, 4.69) is 49.0 Å². The summed E-state index contributed by atoms with van der Waals surface area (Å²) in [5.41, 5.74) is 11.6. The van der Waals surface area contributed by atoms with Crippen LogP contribution in [0.3, 0.4) is 0 Å². The largest absolute Gasteiger partial charge is 0.481 e. The first-order chi connectivity index (χ1) is 35.5. The Hall–Kier alpha value is -8.08. The van der Waals surface area contributed by atoms with Crippen molar-refractivity contribution in [2.75, 3.05) is 21.1 Å². The van der Waals surface area contributed by atoms with E-state index in [1.807, 2.05) is 16.3 Å². The molecule has 34 nitrogen and oxygen atoms in total. The first-order valence-electron chi connectivity index (χ1n) is 22.9. The Morgan fingerprint density at radius 3 is 0.763 bits per heavy atom. The molecular formula is C42H72N14O20. The lowest BCUT2D eigenvalue weighted by atomic mass is 10.1. The highest BCUT2D eigenvalue weighted by Gasteiger charge is 2.27. The molecule has 0 aliphatic heterocycles. The van der Waals surface area contributed by atoms with Crippen molar-refractivity contribution in [2.24, 2.45) is 11.7 Å². The van der Waals surface area contributed by atoms with Gasteiger partial charge in [0.1, 0.15) is 12.8 Å². The quantitative estimate of drug-likeness (QED) is 0.0123. The van der Waals surface area contributed by atoms with Gasteiger partial charge in [-0.05, 0) is 80.4 Å². The van der Waals surface area contributed by atoms with Crippen LogP contribution in [0.25, 0.3) is 0 Å². The standard InChI is InChI=1S/C27H44N8O12.C12H20N2O6.C3H8N4O2/c1-14(36)16(30-27(47)19(29-4)8-12-25(44)45)5-9-20(38)32-34-22(40)13-23(41)35-33-21(39)10-6-18(28-3)26(46)31-17(15(2)37)7-11-24(42)43;1-7(15)8(3-5-10(16)17)14-12(20)9(13-2)4-6-11(18)19;4-6-2(8)1-3(9)7-5/h16-19,28-29H,5-13H2,1-4H3,(H,30,47)(H,31,46)(H,32,38)(H,33,39)(H,34,40)(H,35,41)(H,42,43)(H,44,45);8-9,13H,3-6H2,1-2H3,(H,14,20)(H,16,17)(H,18,19);1,4-5H2,(H,6,8)(H,7,9). The van der Waals surface area contributed by atoms with Crippen molar-refractivity contribution in [3.63, 3.8) is 0 Å². The van der Waals surface area contributed by atoms with Crippen molar-refractivity contribution in [1.82, 2.24) is 64.5 Å². The maximum atomic E-state index is 12.5. The van der Waals surface area contributed by atoms with Crippen molar-refractivity contribution in [2.45, 2.75) is 147 Å². The highest BCUT2D eigenvalue weighted by Crippen LogP contribution is 2.06. The SMILES string of the molecule is CNC(CCC(=O)O)C(=O)NC(CCC(=O)NNC(=O)CC(=O)NNC(=O)CCC(NC)C(=O)NC(CCC(=O)O)C(C)=O)C(C)=O.CNC(CCC(=O)O)C(=O)NC(CCC(=O)O)C(C)=O.NNC(=O)CC(=O)NN. The van der Waals surface area contributed by atoms with Crippen LogP contribution < -0.4 is 76.1 Å². The van der Waals surface area contributed by atoms with Crippen LogP contribution in [-0.2, 0) is 76.7 Å². The molecule has 0 rings (SSSR count). The Balaban J connectivity index is -0.00000149. The minimum Gasteiger partial charge on any atom is -0.481 e. The number of ketones is 3. The average Bonchev–Trinajstić information content (AvgIpc) is 3.34. The summed E-state index contributed by atoms with van der Waals surface area (Å²) in [7, 11) is 4.39. The van der Waals surface area contributed by atoms with Crippen molar-refractivity contribution in [1.29, 1.82) is 0 Å². The number of amides is 9. The number of nitrogens with two attached hydrogens (primary N) is 2. The number of likely N-dealkylation sites (N-methyl/N-ethyl adjacent to an activating group) is 3. The number of carbonyl (C=O) groups is 16. The molecule has 0 saturated heterocycles. The molecule has 20 N–H and O–H groups in total. The third-order valence-electron chi connectivity index (χ3n) is 9.97. The molecule has 34 heteroatoms. The molecule has 0 aliphatic carbocycles. The maximum Gasteiger partial charge on any atom is 0.303 e. The van der Waals surface area contributed by atoms with Gasteiger partial charge in [0.05, 0.1) is 36.3 Å². The predicted octanol–water partition coefficient (Wildman–Crippen LogP) is -6.98.